The van der Waals surface area contributed by atoms with Crippen molar-refractivity contribution in [2.45, 2.75) is 172 Å². The summed E-state index contributed by atoms with van der Waals surface area (Å²) in [5.41, 5.74) is 9.55. The van der Waals surface area contributed by atoms with Gasteiger partial charge in [-0.2, -0.15) is 0 Å². The van der Waals surface area contributed by atoms with Crippen LogP contribution in [0, 0.1) is 5.92 Å². The molecule has 0 aliphatic carbocycles. The van der Waals surface area contributed by atoms with Crippen LogP contribution in [0.3, 0.4) is 0 Å². The number of ether oxygens (including phenoxy) is 5. The molecule has 0 heterocycles. The van der Waals surface area contributed by atoms with Crippen molar-refractivity contribution >= 4 is 83.7 Å². The SMILES string of the molecule is CC(C)C[C@H](NC(=O)[C@@H](Cc1ccccc1)NC(=O)[C@H](CCNC(=O)OCc1ccccc1)NC(=O)[C@H](CCNC(=O)OCc1ccccc1)NC(=O)[C@H](CCN)NC(=O)[C@@H](NC(=O)OCc1ccccc1)[C@@H](C)O)C(=O)N[C@@H](CCNC(=O)OCc1ccccc1)C(=O)N[C@@H](CCNC(=O)OCc1ccccc1)C(=O)N[C@H](C(=O)O)[C@@H](C)O. The number of hydrogen-bond donors (Lipinski definition) is 17. The van der Waals surface area contributed by atoms with E-state index >= 15 is 19.2 Å². The van der Waals surface area contributed by atoms with Crippen LogP contribution in [0.25, 0.3) is 0 Å². The molecule has 0 bridgehead atoms. The molecule has 0 radical (unpaired) electrons. The molecule has 6 rings (SSSR count). The molecule has 0 unspecified atom stereocenters. The van der Waals surface area contributed by atoms with Crippen LogP contribution < -0.4 is 74.9 Å². The number of carboxylic acid groups (broad SMARTS) is 1. The molecular weight excluding hydrogens is 1540 g/mol. The minimum Gasteiger partial charge on any atom is -0.480 e. The molecule has 0 saturated heterocycles. The van der Waals surface area contributed by atoms with Crippen molar-refractivity contribution in [1.82, 2.24) is 69.1 Å². The van der Waals surface area contributed by atoms with Gasteiger partial charge in [-0.25, -0.2) is 28.8 Å². The quantitative estimate of drug-likeness (QED) is 0.0244. The van der Waals surface area contributed by atoms with E-state index in [0.717, 1.165) is 6.92 Å². The lowest BCUT2D eigenvalue weighted by molar-refractivity contribution is -0.145. The molecule has 18 N–H and O–H groups in total. The van der Waals surface area contributed by atoms with Crippen molar-refractivity contribution in [3.05, 3.63) is 215 Å². The highest BCUT2D eigenvalue weighted by molar-refractivity contribution is 5.99. The van der Waals surface area contributed by atoms with Gasteiger partial charge in [0.1, 0.15) is 81.4 Å². The number of benzene rings is 6. The zero-order valence-corrected chi connectivity index (χ0v) is 66.4. The van der Waals surface area contributed by atoms with Gasteiger partial charge in [0, 0.05) is 32.6 Å². The Morgan fingerprint density at radius 2 is 0.538 bits per heavy atom. The maximum Gasteiger partial charge on any atom is 0.408 e. The van der Waals surface area contributed by atoms with Gasteiger partial charge < -0.3 is 114 Å². The highest BCUT2D eigenvalue weighted by atomic mass is 16.6. The van der Waals surface area contributed by atoms with Gasteiger partial charge in [-0.05, 0) is 98.2 Å². The van der Waals surface area contributed by atoms with Crippen LogP contribution in [0.1, 0.15) is 99.6 Å². The fraction of sp³-hybridized carbons (Fsp3) is 0.398. The second-order valence-corrected chi connectivity index (χ2v) is 27.9. The maximum absolute atomic E-state index is 15.3. The minimum atomic E-state index is -1.90. The summed E-state index contributed by atoms with van der Waals surface area (Å²) in [5.74, 6) is -10.7. The zero-order chi connectivity index (χ0) is 86.4. The lowest BCUT2D eigenvalue weighted by Crippen LogP contribution is -2.61. The second kappa shape index (κ2) is 51.7. The van der Waals surface area contributed by atoms with Gasteiger partial charge in [-0.3, -0.25) is 38.4 Å². The number of aliphatic hydroxyl groups excluding tert-OH is 2. The summed E-state index contributed by atoms with van der Waals surface area (Å²) in [5, 5.41) is 63.6. The third-order valence-corrected chi connectivity index (χ3v) is 17.8. The molecule has 36 heteroatoms. The molecule has 0 saturated carbocycles. The fourth-order valence-electron chi connectivity index (χ4n) is 11.5. The topological polar surface area (TPSA) is 528 Å². The van der Waals surface area contributed by atoms with Gasteiger partial charge in [0.25, 0.3) is 0 Å². The maximum atomic E-state index is 15.3. The standard InChI is InChI=1S/C83H106N14O22/c1-52(2)45-66(75(105)92-63(37-42-86-80(111)116-48-57-27-15-7-16-28-57)72(102)91-65(74(104)96-69(54(4)99)78(108)109)39-44-88-82(113)118-50-59-31-19-9-20-32-59)94-76(106)67(46-55-23-11-5-12-24-55)95-73(103)64(38-43-87-81(112)117-49-58-29-17-8-18-30-58)90-71(101)62(36-41-85-79(110)115-47-56-25-13-6-14-26-56)89-70(100)61(35-40-84)93-77(107)68(53(3)98)97-83(114)119-51-60-33-21-10-22-34-60/h5-34,52-54,61-69,98-99H,35-51,84H2,1-4H3,(H,85,110)(H,86,111)(H,87,112)(H,88,113)(H,89,100)(H,90,101)(H,91,102)(H,92,105)(H,93,107)(H,94,106)(H,95,103)(H,96,104)(H,97,114)(H,108,109)/t53-,54-,61+,62+,63+,64+,65+,66+,67-,68+,69+/m1/s1. The van der Waals surface area contributed by atoms with Crippen molar-refractivity contribution in [2.75, 3.05) is 32.7 Å². The van der Waals surface area contributed by atoms with Crippen LogP contribution in [0.2, 0.25) is 0 Å². The van der Waals surface area contributed by atoms with Gasteiger partial charge >= 0.3 is 36.4 Å². The number of aliphatic carboxylic acids is 1. The number of nitrogens with one attached hydrogen (secondary N) is 13. The van der Waals surface area contributed by atoms with E-state index in [9.17, 15) is 63.3 Å². The van der Waals surface area contributed by atoms with Gasteiger partial charge in [-0.1, -0.05) is 196 Å². The number of rotatable bonds is 48. The van der Waals surface area contributed by atoms with E-state index < -0.39 is 202 Å². The van der Waals surface area contributed by atoms with Gasteiger partial charge in [0.05, 0.1) is 12.2 Å². The number of carboxylic acids is 1. The Hall–Kier alpha value is -13.2. The number of hydrogen-bond acceptors (Lipinski definition) is 22. The van der Waals surface area contributed by atoms with Crippen LogP contribution in [-0.2, 0) is 106 Å². The fourth-order valence-corrected chi connectivity index (χ4v) is 11.5. The van der Waals surface area contributed by atoms with Crippen molar-refractivity contribution in [2.24, 2.45) is 11.7 Å². The molecule has 36 nitrogen and oxygen atoms in total. The summed E-state index contributed by atoms with van der Waals surface area (Å²) in [4.78, 5) is 196. The summed E-state index contributed by atoms with van der Waals surface area (Å²) >= 11 is 0. The highest BCUT2D eigenvalue weighted by Gasteiger charge is 2.37. The van der Waals surface area contributed by atoms with E-state index in [-0.39, 0.29) is 65.4 Å². The third kappa shape index (κ3) is 36.2. The van der Waals surface area contributed by atoms with Crippen LogP contribution in [0.4, 0.5) is 24.0 Å². The number of aliphatic hydroxyl groups is 2. The largest absolute Gasteiger partial charge is 0.480 e. The molecule has 11 atom stereocenters. The van der Waals surface area contributed by atoms with Gasteiger partial charge in [0.2, 0.25) is 47.3 Å². The monoisotopic (exact) mass is 1650 g/mol. The molecule has 0 aromatic heterocycles. The molecule has 640 valence electrons. The van der Waals surface area contributed by atoms with E-state index in [1.165, 1.54) is 6.92 Å². The van der Waals surface area contributed by atoms with Crippen LogP contribution >= 0.6 is 0 Å². The molecule has 0 fully saturated rings. The summed E-state index contributed by atoms with van der Waals surface area (Å²) in [6, 6.07) is 35.9. The van der Waals surface area contributed by atoms with E-state index in [2.05, 4.69) is 69.1 Å². The van der Waals surface area contributed by atoms with Crippen molar-refractivity contribution in [1.29, 1.82) is 0 Å². The zero-order valence-electron chi connectivity index (χ0n) is 66.4. The molecule has 0 aliphatic rings. The summed E-state index contributed by atoms with van der Waals surface area (Å²) in [6.07, 6.45) is -10.7. The summed E-state index contributed by atoms with van der Waals surface area (Å²) in [7, 11) is 0. The first-order valence-corrected chi connectivity index (χ1v) is 38.7. The number of carbonyl (C=O) groups is 14. The molecule has 0 aliphatic heterocycles. The Labute approximate surface area is 688 Å². The number of alkyl carbamates (subject to hydrolysis) is 5. The van der Waals surface area contributed by atoms with E-state index in [1.54, 1.807) is 196 Å². The highest BCUT2D eigenvalue weighted by Crippen LogP contribution is 2.14. The van der Waals surface area contributed by atoms with Crippen LogP contribution in [0.15, 0.2) is 182 Å². The Morgan fingerprint density at radius 1 is 0.294 bits per heavy atom. The lowest BCUT2D eigenvalue weighted by atomic mass is 10.00. The van der Waals surface area contributed by atoms with Crippen molar-refractivity contribution in [3.63, 3.8) is 0 Å². The first-order chi connectivity index (χ1) is 57.1. The molecule has 13 amide bonds. The average Bonchev–Trinajstić information content (AvgIpc) is 0.848. The van der Waals surface area contributed by atoms with Crippen LogP contribution in [-0.4, -0.2) is 198 Å². The van der Waals surface area contributed by atoms with E-state index in [0.29, 0.717) is 33.4 Å². The Balaban J connectivity index is 1.30. The van der Waals surface area contributed by atoms with Crippen molar-refractivity contribution < 1.29 is 106 Å². The van der Waals surface area contributed by atoms with E-state index in [4.69, 9.17) is 29.4 Å². The Bertz CT molecular complexity index is 4220. The Morgan fingerprint density at radius 3 is 0.824 bits per heavy atom. The number of amides is 13. The molecule has 6 aromatic carbocycles. The lowest BCUT2D eigenvalue weighted by Gasteiger charge is -2.29. The normalized spacial score (nSPS) is 13.6. The predicted octanol–water partition coefficient (Wildman–Crippen LogP) is 2.91. The second-order valence-electron chi connectivity index (χ2n) is 27.9. The smallest absolute Gasteiger partial charge is 0.408 e. The summed E-state index contributed by atoms with van der Waals surface area (Å²) in [6.45, 7) is 3.01. The van der Waals surface area contributed by atoms with Crippen molar-refractivity contribution in [3.8, 4) is 0 Å². The molecular formula is C83H106N14O22. The number of nitrogens with two attached hydrogens (primary N) is 1. The van der Waals surface area contributed by atoms with Gasteiger partial charge in [-0.15, -0.1) is 0 Å². The van der Waals surface area contributed by atoms with Gasteiger partial charge in [0.15, 0.2) is 6.04 Å². The Kier molecular flexibility index (Phi) is 41.1. The summed E-state index contributed by atoms with van der Waals surface area (Å²) < 4.78 is 26.7. The molecule has 6 aromatic rings. The minimum absolute atomic E-state index is 0.144. The molecule has 0 spiro atoms. The number of carbonyl (C=O) groups excluding carboxylic acids is 13. The molecule has 119 heavy (non-hydrogen) atoms. The first kappa shape index (κ1) is 94.6. The van der Waals surface area contributed by atoms with E-state index in [1.807, 2.05) is 0 Å². The third-order valence-electron chi connectivity index (χ3n) is 17.8. The predicted molar refractivity (Wildman–Crippen MR) is 430 cm³/mol. The van der Waals surface area contributed by atoms with Crippen LogP contribution in [0.5, 0.6) is 0 Å². The average molecular weight is 1650 g/mol. The first-order valence-electron chi connectivity index (χ1n) is 38.7.